The van der Waals surface area contributed by atoms with Crippen LogP contribution in [0.1, 0.15) is 31.7 Å². The molecule has 0 spiro atoms. The fourth-order valence-corrected chi connectivity index (χ4v) is 3.52. The van der Waals surface area contributed by atoms with E-state index < -0.39 is 0 Å². The summed E-state index contributed by atoms with van der Waals surface area (Å²) >= 11 is 0. The SMILES string of the molecule is CCNC(=NCc1cc(N(C)C)nc2ccccc12)NCCCN1CCCC1=O.I. The van der Waals surface area contributed by atoms with Gasteiger partial charge in [0.1, 0.15) is 5.82 Å². The second-order valence-electron chi connectivity index (χ2n) is 7.51. The van der Waals surface area contributed by atoms with Crippen molar-refractivity contribution in [2.75, 3.05) is 45.2 Å². The molecule has 0 saturated carbocycles. The number of halogens is 1. The molecule has 0 bridgehead atoms. The Hall–Kier alpha value is -2.10. The number of pyridine rings is 1. The number of guanidine groups is 1. The molecule has 1 aromatic carbocycles. The van der Waals surface area contributed by atoms with E-state index in [9.17, 15) is 4.79 Å². The highest BCUT2D eigenvalue weighted by molar-refractivity contribution is 14.0. The number of para-hydroxylation sites is 1. The second-order valence-corrected chi connectivity index (χ2v) is 7.51. The number of fused-ring (bicyclic) bond motifs is 1. The molecule has 1 fully saturated rings. The number of hydrogen-bond acceptors (Lipinski definition) is 4. The van der Waals surface area contributed by atoms with Crippen LogP contribution < -0.4 is 15.5 Å². The van der Waals surface area contributed by atoms with Crippen molar-refractivity contribution in [2.45, 2.75) is 32.7 Å². The Labute approximate surface area is 196 Å². The van der Waals surface area contributed by atoms with Crippen molar-refractivity contribution in [3.05, 3.63) is 35.9 Å². The number of likely N-dealkylation sites (tertiary alicyclic amines) is 1. The molecule has 0 aliphatic carbocycles. The molecule has 1 aliphatic heterocycles. The normalized spacial score (nSPS) is 14.0. The van der Waals surface area contributed by atoms with Crippen molar-refractivity contribution in [3.63, 3.8) is 0 Å². The minimum atomic E-state index is 0. The number of benzene rings is 1. The standard InChI is InChI=1S/C22H32N6O.HI/c1-4-23-22(24-12-8-14-28-13-7-11-21(28)29)25-16-17-15-20(27(2)3)26-19-10-6-5-9-18(17)19;/h5-6,9-10,15H,4,7-8,11-14,16H2,1-3H3,(H2,23,24,25);1H. The lowest BCUT2D eigenvalue weighted by Gasteiger charge is -2.17. The summed E-state index contributed by atoms with van der Waals surface area (Å²) in [5, 5.41) is 7.83. The van der Waals surface area contributed by atoms with Gasteiger partial charge in [-0.1, -0.05) is 18.2 Å². The third-order valence-electron chi connectivity index (χ3n) is 5.07. The quantitative estimate of drug-likeness (QED) is 0.241. The minimum absolute atomic E-state index is 0. The summed E-state index contributed by atoms with van der Waals surface area (Å²) in [6.45, 7) is 5.94. The minimum Gasteiger partial charge on any atom is -0.363 e. The third kappa shape index (κ3) is 6.45. The van der Waals surface area contributed by atoms with Crippen LogP contribution in [0.15, 0.2) is 35.3 Å². The Balaban J connectivity index is 0.00000320. The van der Waals surface area contributed by atoms with Crippen molar-refractivity contribution >= 4 is 52.6 Å². The Morgan fingerprint density at radius 1 is 1.27 bits per heavy atom. The highest BCUT2D eigenvalue weighted by Crippen LogP contribution is 2.22. The molecular formula is C22H33IN6O. The summed E-state index contributed by atoms with van der Waals surface area (Å²) in [6.07, 6.45) is 2.61. The summed E-state index contributed by atoms with van der Waals surface area (Å²) in [5.41, 5.74) is 2.14. The number of nitrogens with zero attached hydrogens (tertiary/aromatic N) is 4. The van der Waals surface area contributed by atoms with Gasteiger partial charge >= 0.3 is 0 Å². The number of rotatable bonds is 8. The van der Waals surface area contributed by atoms with E-state index in [1.165, 1.54) is 0 Å². The highest BCUT2D eigenvalue weighted by Gasteiger charge is 2.18. The molecule has 1 aromatic heterocycles. The fraction of sp³-hybridized carbons (Fsp3) is 0.500. The predicted octanol–water partition coefficient (Wildman–Crippen LogP) is 2.99. The number of amides is 1. The van der Waals surface area contributed by atoms with Crippen molar-refractivity contribution in [2.24, 2.45) is 4.99 Å². The number of anilines is 1. The van der Waals surface area contributed by atoms with E-state index in [-0.39, 0.29) is 29.9 Å². The maximum Gasteiger partial charge on any atom is 0.222 e. The van der Waals surface area contributed by atoms with Gasteiger partial charge in [-0.2, -0.15) is 0 Å². The van der Waals surface area contributed by atoms with Gasteiger partial charge in [-0.3, -0.25) is 4.79 Å². The van der Waals surface area contributed by atoms with E-state index in [0.717, 1.165) is 67.3 Å². The Bertz CT molecular complexity index is 870. The van der Waals surface area contributed by atoms with Crippen LogP contribution in [0.25, 0.3) is 10.9 Å². The molecular weight excluding hydrogens is 491 g/mol. The van der Waals surface area contributed by atoms with Gasteiger partial charge in [0.05, 0.1) is 12.1 Å². The van der Waals surface area contributed by atoms with Crippen molar-refractivity contribution in [1.82, 2.24) is 20.5 Å². The first-order valence-electron chi connectivity index (χ1n) is 10.4. The highest BCUT2D eigenvalue weighted by atomic mass is 127. The lowest BCUT2D eigenvalue weighted by molar-refractivity contribution is -0.127. The van der Waals surface area contributed by atoms with E-state index in [2.05, 4.69) is 29.7 Å². The molecule has 2 N–H and O–H groups in total. The molecule has 2 heterocycles. The van der Waals surface area contributed by atoms with Gasteiger partial charge in [0.15, 0.2) is 5.96 Å². The lowest BCUT2D eigenvalue weighted by Crippen LogP contribution is -2.39. The number of carbonyl (C=O) groups is 1. The number of aliphatic imine (C=N–C) groups is 1. The summed E-state index contributed by atoms with van der Waals surface area (Å²) in [6, 6.07) is 10.3. The number of nitrogens with one attached hydrogen (secondary N) is 2. The van der Waals surface area contributed by atoms with E-state index >= 15 is 0 Å². The average Bonchev–Trinajstić information content (AvgIpc) is 3.13. The number of aromatic nitrogens is 1. The molecule has 3 rings (SSSR count). The predicted molar refractivity (Wildman–Crippen MR) is 135 cm³/mol. The Kier molecular flexibility index (Phi) is 9.61. The zero-order chi connectivity index (χ0) is 20.6. The third-order valence-corrected chi connectivity index (χ3v) is 5.07. The first-order chi connectivity index (χ1) is 14.1. The maximum absolute atomic E-state index is 11.7. The second kappa shape index (κ2) is 11.9. The molecule has 7 nitrogen and oxygen atoms in total. The Morgan fingerprint density at radius 3 is 2.77 bits per heavy atom. The van der Waals surface area contributed by atoms with E-state index in [1.807, 2.05) is 42.1 Å². The smallest absolute Gasteiger partial charge is 0.222 e. The van der Waals surface area contributed by atoms with Crippen LogP contribution >= 0.6 is 24.0 Å². The molecule has 1 saturated heterocycles. The largest absolute Gasteiger partial charge is 0.363 e. The topological polar surface area (TPSA) is 72.9 Å². The van der Waals surface area contributed by atoms with Gasteiger partial charge in [0.2, 0.25) is 5.91 Å². The van der Waals surface area contributed by atoms with Gasteiger partial charge in [-0.05, 0) is 37.5 Å². The molecule has 30 heavy (non-hydrogen) atoms. The summed E-state index contributed by atoms with van der Waals surface area (Å²) in [4.78, 5) is 25.2. The lowest BCUT2D eigenvalue weighted by atomic mass is 10.1. The maximum atomic E-state index is 11.7. The molecule has 1 aliphatic rings. The molecule has 8 heteroatoms. The summed E-state index contributed by atoms with van der Waals surface area (Å²) in [5.74, 6) is 2.02. The first kappa shape index (κ1) is 24.2. The van der Waals surface area contributed by atoms with Crippen LogP contribution in [0, 0.1) is 0 Å². The van der Waals surface area contributed by atoms with Crippen molar-refractivity contribution in [3.8, 4) is 0 Å². The van der Waals surface area contributed by atoms with Gasteiger partial charge in [0, 0.05) is 52.1 Å². The van der Waals surface area contributed by atoms with Crippen LogP contribution in [-0.4, -0.2) is 62.0 Å². The fourth-order valence-electron chi connectivity index (χ4n) is 3.52. The molecule has 0 atom stereocenters. The van der Waals surface area contributed by atoms with E-state index in [1.54, 1.807) is 0 Å². The van der Waals surface area contributed by atoms with Crippen LogP contribution in [0.2, 0.25) is 0 Å². The van der Waals surface area contributed by atoms with Gasteiger partial charge in [-0.15, -0.1) is 24.0 Å². The number of carbonyl (C=O) groups excluding carboxylic acids is 1. The molecule has 0 unspecified atom stereocenters. The molecule has 164 valence electrons. The van der Waals surface area contributed by atoms with Crippen molar-refractivity contribution in [1.29, 1.82) is 0 Å². The van der Waals surface area contributed by atoms with Crippen LogP contribution in [0.4, 0.5) is 5.82 Å². The monoisotopic (exact) mass is 524 g/mol. The van der Waals surface area contributed by atoms with Crippen LogP contribution in [0.3, 0.4) is 0 Å². The van der Waals surface area contributed by atoms with Gasteiger partial charge < -0.3 is 20.4 Å². The molecule has 2 aromatic rings. The van der Waals surface area contributed by atoms with Gasteiger partial charge in [0.25, 0.3) is 0 Å². The Morgan fingerprint density at radius 2 is 2.07 bits per heavy atom. The summed E-state index contributed by atoms with van der Waals surface area (Å²) in [7, 11) is 4.00. The van der Waals surface area contributed by atoms with Gasteiger partial charge in [-0.25, -0.2) is 9.98 Å². The summed E-state index contributed by atoms with van der Waals surface area (Å²) < 4.78 is 0. The average molecular weight is 524 g/mol. The van der Waals surface area contributed by atoms with Crippen LogP contribution in [-0.2, 0) is 11.3 Å². The number of hydrogen-bond donors (Lipinski definition) is 2. The zero-order valence-electron chi connectivity index (χ0n) is 18.1. The van der Waals surface area contributed by atoms with E-state index in [0.29, 0.717) is 13.0 Å². The first-order valence-corrected chi connectivity index (χ1v) is 10.4. The molecule has 1 amide bonds. The van der Waals surface area contributed by atoms with Crippen molar-refractivity contribution < 1.29 is 4.79 Å². The van der Waals surface area contributed by atoms with Crippen LogP contribution in [0.5, 0.6) is 0 Å². The molecule has 0 radical (unpaired) electrons. The zero-order valence-corrected chi connectivity index (χ0v) is 20.5. The van der Waals surface area contributed by atoms with E-state index in [4.69, 9.17) is 9.98 Å².